The molecule has 104 valence electrons. The van der Waals surface area contributed by atoms with Gasteiger partial charge in [-0.05, 0) is 24.6 Å². The maximum atomic E-state index is 12.0. The molecular weight excluding hydrogens is 258 g/mol. The number of hydrogen-bond donors (Lipinski definition) is 1. The third-order valence-electron chi connectivity index (χ3n) is 3.10. The number of nitrogens with zero attached hydrogens (tertiary/aromatic N) is 2. The Bertz CT molecular complexity index is 661. The van der Waals surface area contributed by atoms with E-state index in [1.165, 1.54) is 6.07 Å². The van der Waals surface area contributed by atoms with Crippen LogP contribution in [0, 0.1) is 10.1 Å². The van der Waals surface area contributed by atoms with Gasteiger partial charge in [-0.25, -0.2) is 0 Å². The normalized spacial score (nSPS) is 10.3. The zero-order valence-electron chi connectivity index (χ0n) is 11.3. The third-order valence-corrected chi connectivity index (χ3v) is 3.10. The Kier molecular flexibility index (Phi) is 3.84. The number of aryl methyl sites for hydroxylation is 2. The van der Waals surface area contributed by atoms with Crippen LogP contribution in [0.4, 0.5) is 11.4 Å². The van der Waals surface area contributed by atoms with Crippen molar-refractivity contribution in [2.45, 2.75) is 13.3 Å². The minimum Gasteiger partial charge on any atom is -0.347 e. The molecule has 1 N–H and O–H groups in total. The quantitative estimate of drug-likeness (QED) is 0.687. The lowest BCUT2D eigenvalue weighted by atomic mass is 10.1. The fraction of sp³-hybridized carbons (Fsp3) is 0.214. The van der Waals surface area contributed by atoms with Crippen LogP contribution in [0.5, 0.6) is 0 Å². The average molecular weight is 273 g/mol. The van der Waals surface area contributed by atoms with Gasteiger partial charge in [0.25, 0.3) is 11.6 Å². The predicted octanol–water partition coefficient (Wildman–Crippen LogP) is 2.75. The summed E-state index contributed by atoms with van der Waals surface area (Å²) in [6, 6.07) is 8.17. The van der Waals surface area contributed by atoms with E-state index in [9.17, 15) is 14.9 Å². The molecule has 0 saturated carbocycles. The largest absolute Gasteiger partial charge is 0.347 e. The van der Waals surface area contributed by atoms with Gasteiger partial charge < -0.3 is 9.88 Å². The third kappa shape index (κ3) is 2.69. The van der Waals surface area contributed by atoms with Crippen LogP contribution in [-0.2, 0) is 13.5 Å². The van der Waals surface area contributed by atoms with E-state index in [1.54, 1.807) is 42.1 Å². The molecule has 1 aromatic heterocycles. The van der Waals surface area contributed by atoms with Gasteiger partial charge in [-0.3, -0.25) is 14.9 Å². The van der Waals surface area contributed by atoms with Crippen LogP contribution in [0.2, 0.25) is 0 Å². The first kappa shape index (κ1) is 13.8. The molecule has 1 amide bonds. The van der Waals surface area contributed by atoms with Crippen molar-refractivity contribution in [3.8, 4) is 0 Å². The van der Waals surface area contributed by atoms with Gasteiger partial charge in [0.15, 0.2) is 0 Å². The number of nitro benzene ring substituents is 1. The van der Waals surface area contributed by atoms with Crippen LogP contribution in [0.25, 0.3) is 0 Å². The summed E-state index contributed by atoms with van der Waals surface area (Å²) in [5, 5.41) is 13.7. The summed E-state index contributed by atoms with van der Waals surface area (Å²) in [7, 11) is 1.76. The number of carbonyl (C=O) groups excluding carboxylic acids is 1. The van der Waals surface area contributed by atoms with Gasteiger partial charge in [-0.1, -0.05) is 13.0 Å². The van der Waals surface area contributed by atoms with Crippen molar-refractivity contribution in [2.75, 3.05) is 5.32 Å². The highest BCUT2D eigenvalue weighted by atomic mass is 16.6. The van der Waals surface area contributed by atoms with E-state index >= 15 is 0 Å². The molecule has 0 atom stereocenters. The zero-order valence-corrected chi connectivity index (χ0v) is 11.3. The molecule has 0 fully saturated rings. The molecule has 0 aliphatic heterocycles. The smallest absolute Gasteiger partial charge is 0.274 e. The van der Waals surface area contributed by atoms with Crippen molar-refractivity contribution in [1.82, 2.24) is 4.57 Å². The van der Waals surface area contributed by atoms with Gasteiger partial charge in [-0.15, -0.1) is 0 Å². The Labute approximate surface area is 116 Å². The second-order valence-electron chi connectivity index (χ2n) is 4.41. The summed E-state index contributed by atoms with van der Waals surface area (Å²) in [5.41, 5.74) is 1.58. The Morgan fingerprint density at radius 2 is 2.15 bits per heavy atom. The van der Waals surface area contributed by atoms with Gasteiger partial charge in [0.1, 0.15) is 5.69 Å². The van der Waals surface area contributed by atoms with E-state index in [1.807, 2.05) is 6.92 Å². The summed E-state index contributed by atoms with van der Waals surface area (Å²) in [5.74, 6) is -0.295. The van der Waals surface area contributed by atoms with Crippen LogP contribution in [-0.4, -0.2) is 15.4 Å². The van der Waals surface area contributed by atoms with Crippen molar-refractivity contribution in [3.05, 3.63) is 57.9 Å². The molecule has 6 heteroatoms. The monoisotopic (exact) mass is 273 g/mol. The number of aromatic nitrogens is 1. The van der Waals surface area contributed by atoms with E-state index < -0.39 is 4.92 Å². The van der Waals surface area contributed by atoms with Crippen LogP contribution >= 0.6 is 0 Å². The molecule has 1 heterocycles. The number of nitrogens with one attached hydrogen (secondary N) is 1. The first-order valence-electron chi connectivity index (χ1n) is 6.23. The van der Waals surface area contributed by atoms with Gasteiger partial charge in [0, 0.05) is 30.6 Å². The zero-order chi connectivity index (χ0) is 14.7. The topological polar surface area (TPSA) is 77.2 Å². The Morgan fingerprint density at radius 3 is 2.70 bits per heavy atom. The Hall–Kier alpha value is -2.63. The summed E-state index contributed by atoms with van der Waals surface area (Å²) in [6.45, 7) is 1.85. The maximum absolute atomic E-state index is 12.0. The fourth-order valence-corrected chi connectivity index (χ4v) is 2.00. The molecule has 6 nitrogen and oxygen atoms in total. The molecule has 0 bridgehead atoms. The van der Waals surface area contributed by atoms with Crippen LogP contribution < -0.4 is 5.32 Å². The standard InChI is InChI=1S/C14H15N3O3/c1-3-10-6-7-11(9-13(10)17(19)20)15-14(18)12-5-4-8-16(12)2/h4-9H,3H2,1-2H3,(H,15,18). The lowest BCUT2D eigenvalue weighted by Crippen LogP contribution is -2.15. The van der Waals surface area contributed by atoms with Crippen molar-refractivity contribution in [3.63, 3.8) is 0 Å². The summed E-state index contributed by atoms with van der Waals surface area (Å²) >= 11 is 0. The molecule has 0 unspecified atom stereocenters. The Balaban J connectivity index is 2.26. The Morgan fingerprint density at radius 1 is 1.40 bits per heavy atom. The molecule has 2 aromatic rings. The lowest BCUT2D eigenvalue weighted by molar-refractivity contribution is -0.385. The first-order valence-corrected chi connectivity index (χ1v) is 6.23. The van der Waals surface area contributed by atoms with Crippen LogP contribution in [0.15, 0.2) is 36.5 Å². The van der Waals surface area contributed by atoms with Crippen LogP contribution in [0.1, 0.15) is 23.0 Å². The number of anilines is 1. The van der Waals surface area contributed by atoms with E-state index in [0.717, 1.165) is 0 Å². The highest BCUT2D eigenvalue weighted by Gasteiger charge is 2.15. The van der Waals surface area contributed by atoms with Crippen molar-refractivity contribution in [1.29, 1.82) is 0 Å². The molecule has 2 rings (SSSR count). The highest BCUT2D eigenvalue weighted by molar-refractivity contribution is 6.03. The summed E-state index contributed by atoms with van der Waals surface area (Å²) in [6.07, 6.45) is 2.33. The van der Waals surface area contributed by atoms with Gasteiger partial charge in [-0.2, -0.15) is 0 Å². The lowest BCUT2D eigenvalue weighted by Gasteiger charge is -2.07. The second-order valence-corrected chi connectivity index (χ2v) is 4.41. The molecule has 0 aliphatic carbocycles. The van der Waals surface area contributed by atoms with E-state index in [-0.39, 0.29) is 11.6 Å². The fourth-order valence-electron chi connectivity index (χ4n) is 2.00. The molecule has 1 aromatic carbocycles. The van der Waals surface area contributed by atoms with Gasteiger partial charge in [0.05, 0.1) is 4.92 Å². The molecule has 0 saturated heterocycles. The van der Waals surface area contributed by atoms with E-state index in [2.05, 4.69) is 5.32 Å². The number of nitro groups is 1. The van der Waals surface area contributed by atoms with Crippen molar-refractivity contribution < 1.29 is 9.72 Å². The van der Waals surface area contributed by atoms with E-state index in [4.69, 9.17) is 0 Å². The minimum atomic E-state index is -0.434. The predicted molar refractivity (Wildman–Crippen MR) is 75.8 cm³/mol. The van der Waals surface area contributed by atoms with Crippen molar-refractivity contribution >= 4 is 17.3 Å². The summed E-state index contributed by atoms with van der Waals surface area (Å²) in [4.78, 5) is 22.6. The number of amides is 1. The number of hydrogen-bond acceptors (Lipinski definition) is 3. The van der Waals surface area contributed by atoms with Gasteiger partial charge in [0.2, 0.25) is 0 Å². The first-order chi connectivity index (χ1) is 9.52. The molecule has 0 aliphatic rings. The number of rotatable bonds is 4. The molecular formula is C14H15N3O3. The number of benzene rings is 1. The molecule has 0 radical (unpaired) electrons. The molecule has 20 heavy (non-hydrogen) atoms. The second kappa shape index (κ2) is 5.56. The summed E-state index contributed by atoms with van der Waals surface area (Å²) < 4.78 is 1.68. The minimum absolute atomic E-state index is 0.0252. The highest BCUT2D eigenvalue weighted by Crippen LogP contribution is 2.24. The van der Waals surface area contributed by atoms with E-state index in [0.29, 0.717) is 23.4 Å². The SMILES string of the molecule is CCc1ccc(NC(=O)c2cccn2C)cc1[N+](=O)[O-]. The number of carbonyl (C=O) groups is 1. The molecule has 0 spiro atoms. The van der Waals surface area contributed by atoms with Crippen LogP contribution in [0.3, 0.4) is 0 Å². The maximum Gasteiger partial charge on any atom is 0.274 e. The van der Waals surface area contributed by atoms with Gasteiger partial charge >= 0.3 is 0 Å². The van der Waals surface area contributed by atoms with Crippen molar-refractivity contribution in [2.24, 2.45) is 7.05 Å². The average Bonchev–Trinajstić information content (AvgIpc) is 2.85.